The molecule has 1 aliphatic rings. The molecule has 1 N–H and O–H groups in total. The fourth-order valence-corrected chi connectivity index (χ4v) is 3.68. The first-order chi connectivity index (χ1) is 12.3. The van der Waals surface area contributed by atoms with Gasteiger partial charge in [-0.1, -0.05) is 67.6 Å². The molecule has 0 bridgehead atoms. The molecule has 3 heteroatoms. The van der Waals surface area contributed by atoms with Crippen LogP contribution in [0.4, 0.5) is 0 Å². The average molecular weight is 336 g/mol. The first-order valence-electron chi connectivity index (χ1n) is 9.38. The van der Waals surface area contributed by atoms with Crippen LogP contribution < -0.4 is 5.32 Å². The molecular weight excluding hydrogens is 308 g/mol. The third kappa shape index (κ3) is 4.93. The summed E-state index contributed by atoms with van der Waals surface area (Å²) in [6.45, 7) is 4.00. The number of nitrogens with one attached hydrogen (secondary N) is 1. The maximum absolute atomic E-state index is 11.8. The number of piperidine rings is 1. The van der Waals surface area contributed by atoms with E-state index in [0.717, 1.165) is 32.4 Å². The van der Waals surface area contributed by atoms with Gasteiger partial charge in [0.25, 0.3) is 0 Å². The summed E-state index contributed by atoms with van der Waals surface area (Å²) in [6.07, 6.45) is 3.65. The van der Waals surface area contributed by atoms with Gasteiger partial charge in [-0.05, 0) is 30.4 Å². The fourth-order valence-electron chi connectivity index (χ4n) is 3.68. The molecule has 3 rings (SSSR count). The van der Waals surface area contributed by atoms with E-state index in [0.29, 0.717) is 12.5 Å². The zero-order chi connectivity index (χ0) is 17.5. The Morgan fingerprint density at radius 2 is 1.76 bits per heavy atom. The van der Waals surface area contributed by atoms with Crippen molar-refractivity contribution in [3.63, 3.8) is 0 Å². The van der Waals surface area contributed by atoms with Crippen molar-refractivity contribution in [3.8, 4) is 0 Å². The molecule has 1 heterocycles. The van der Waals surface area contributed by atoms with Crippen LogP contribution in [0.3, 0.4) is 0 Å². The quantitative estimate of drug-likeness (QED) is 0.866. The predicted octanol–water partition coefficient (Wildman–Crippen LogP) is 3.96. The van der Waals surface area contributed by atoms with Gasteiger partial charge >= 0.3 is 0 Å². The van der Waals surface area contributed by atoms with E-state index in [1.54, 1.807) is 0 Å². The number of carbonyl (C=O) groups excluding carboxylic acids is 1. The van der Waals surface area contributed by atoms with Crippen molar-refractivity contribution in [1.29, 1.82) is 0 Å². The zero-order valence-electron chi connectivity index (χ0n) is 15.0. The minimum absolute atomic E-state index is 0.162. The van der Waals surface area contributed by atoms with Crippen molar-refractivity contribution in [2.45, 2.75) is 44.7 Å². The van der Waals surface area contributed by atoms with Crippen molar-refractivity contribution in [2.24, 2.45) is 0 Å². The lowest BCUT2D eigenvalue weighted by molar-refractivity contribution is -0.121. The number of nitrogens with zero attached hydrogens (tertiary/aromatic N) is 1. The summed E-state index contributed by atoms with van der Waals surface area (Å²) < 4.78 is 0. The van der Waals surface area contributed by atoms with E-state index in [-0.39, 0.29) is 11.9 Å². The molecule has 2 atom stereocenters. The number of hydrogen-bond donors (Lipinski definition) is 1. The van der Waals surface area contributed by atoms with Crippen molar-refractivity contribution >= 4 is 5.91 Å². The Hall–Kier alpha value is -2.13. The maximum Gasteiger partial charge on any atom is 0.219 e. The number of benzene rings is 2. The smallest absolute Gasteiger partial charge is 0.219 e. The Kier molecular flexibility index (Phi) is 6.24. The number of amides is 1. The van der Waals surface area contributed by atoms with Crippen LogP contribution >= 0.6 is 0 Å². The van der Waals surface area contributed by atoms with Gasteiger partial charge in [0.2, 0.25) is 5.91 Å². The Balaban J connectivity index is 1.69. The largest absolute Gasteiger partial charge is 0.353 e. The lowest BCUT2D eigenvalue weighted by Gasteiger charge is -2.40. The normalized spacial score (nSPS) is 21.0. The minimum atomic E-state index is 0.162. The van der Waals surface area contributed by atoms with Gasteiger partial charge in [0.05, 0.1) is 0 Å². The van der Waals surface area contributed by atoms with Gasteiger partial charge in [0.1, 0.15) is 0 Å². The van der Waals surface area contributed by atoms with Gasteiger partial charge in [-0.2, -0.15) is 0 Å². The summed E-state index contributed by atoms with van der Waals surface area (Å²) in [5, 5.41) is 3.20. The minimum Gasteiger partial charge on any atom is -0.353 e. The van der Waals surface area contributed by atoms with E-state index in [2.05, 4.69) is 70.9 Å². The molecule has 1 saturated heterocycles. The molecule has 0 saturated carbocycles. The van der Waals surface area contributed by atoms with Crippen LogP contribution in [-0.2, 0) is 11.2 Å². The van der Waals surface area contributed by atoms with Crippen LogP contribution in [0, 0.1) is 0 Å². The van der Waals surface area contributed by atoms with Crippen molar-refractivity contribution in [1.82, 2.24) is 10.2 Å². The second-order valence-electron chi connectivity index (χ2n) is 6.84. The van der Waals surface area contributed by atoms with Gasteiger partial charge in [-0.15, -0.1) is 0 Å². The van der Waals surface area contributed by atoms with Gasteiger partial charge < -0.3 is 5.32 Å². The summed E-state index contributed by atoms with van der Waals surface area (Å²) in [7, 11) is 0. The third-order valence-electron chi connectivity index (χ3n) is 5.11. The monoisotopic (exact) mass is 336 g/mol. The highest BCUT2D eigenvalue weighted by Crippen LogP contribution is 2.31. The molecule has 3 nitrogen and oxygen atoms in total. The highest BCUT2D eigenvalue weighted by Gasteiger charge is 2.29. The Morgan fingerprint density at radius 3 is 2.44 bits per heavy atom. The van der Waals surface area contributed by atoms with Crippen LogP contribution in [0.1, 0.15) is 43.4 Å². The van der Waals surface area contributed by atoms with Crippen LogP contribution in [0.2, 0.25) is 0 Å². The van der Waals surface area contributed by atoms with Gasteiger partial charge in [-0.25, -0.2) is 0 Å². The van der Waals surface area contributed by atoms with E-state index in [1.807, 2.05) is 6.92 Å². The standard InChI is InChI=1S/C22H28N2O/c1-2-22(25)23-20-14-16-24(15-13-18-9-5-3-6-10-18)21(17-20)19-11-7-4-8-12-19/h3-12,20-21H,2,13-17H2,1H3,(H,23,25). The summed E-state index contributed by atoms with van der Waals surface area (Å²) in [6, 6.07) is 22.1. The fraction of sp³-hybridized carbons (Fsp3) is 0.409. The van der Waals surface area contributed by atoms with Gasteiger partial charge in [-0.3, -0.25) is 9.69 Å². The van der Waals surface area contributed by atoms with E-state index in [1.165, 1.54) is 11.1 Å². The molecule has 1 aliphatic heterocycles. The lowest BCUT2D eigenvalue weighted by atomic mass is 9.91. The third-order valence-corrected chi connectivity index (χ3v) is 5.11. The first-order valence-corrected chi connectivity index (χ1v) is 9.38. The summed E-state index contributed by atoms with van der Waals surface area (Å²) in [4.78, 5) is 14.4. The molecule has 0 spiro atoms. The van der Waals surface area contributed by atoms with E-state index < -0.39 is 0 Å². The molecule has 2 unspecified atom stereocenters. The molecule has 25 heavy (non-hydrogen) atoms. The van der Waals surface area contributed by atoms with Gasteiger partial charge in [0, 0.05) is 31.6 Å². The second kappa shape index (κ2) is 8.82. The Labute approximate surface area is 151 Å². The molecule has 2 aromatic carbocycles. The SMILES string of the molecule is CCC(=O)NC1CCN(CCc2ccccc2)C(c2ccccc2)C1. The van der Waals surface area contributed by atoms with E-state index in [9.17, 15) is 4.79 Å². The van der Waals surface area contributed by atoms with Crippen LogP contribution in [0.15, 0.2) is 60.7 Å². The summed E-state index contributed by atoms with van der Waals surface area (Å²) in [5.74, 6) is 0.162. The highest BCUT2D eigenvalue weighted by atomic mass is 16.1. The predicted molar refractivity (Wildman–Crippen MR) is 102 cm³/mol. The summed E-state index contributed by atoms with van der Waals surface area (Å²) >= 11 is 0. The molecule has 0 aliphatic carbocycles. The molecule has 2 aromatic rings. The molecular formula is C22H28N2O. The summed E-state index contributed by atoms with van der Waals surface area (Å²) in [5.41, 5.74) is 2.74. The van der Waals surface area contributed by atoms with Crippen LogP contribution in [0.25, 0.3) is 0 Å². The van der Waals surface area contributed by atoms with Crippen molar-refractivity contribution in [2.75, 3.05) is 13.1 Å². The van der Waals surface area contributed by atoms with E-state index >= 15 is 0 Å². The molecule has 0 radical (unpaired) electrons. The topological polar surface area (TPSA) is 32.3 Å². The Morgan fingerprint density at radius 1 is 1.08 bits per heavy atom. The lowest BCUT2D eigenvalue weighted by Crippen LogP contribution is -2.46. The number of hydrogen-bond acceptors (Lipinski definition) is 2. The molecule has 1 fully saturated rings. The van der Waals surface area contributed by atoms with Gasteiger partial charge in [0.15, 0.2) is 0 Å². The number of carbonyl (C=O) groups is 1. The number of rotatable bonds is 6. The molecule has 1 amide bonds. The Bertz CT molecular complexity index is 656. The highest BCUT2D eigenvalue weighted by molar-refractivity contribution is 5.75. The van der Waals surface area contributed by atoms with Crippen LogP contribution in [0.5, 0.6) is 0 Å². The molecule has 132 valence electrons. The first kappa shape index (κ1) is 17.7. The average Bonchev–Trinajstić information content (AvgIpc) is 2.68. The molecule has 0 aromatic heterocycles. The van der Waals surface area contributed by atoms with Crippen molar-refractivity contribution < 1.29 is 4.79 Å². The maximum atomic E-state index is 11.8. The zero-order valence-corrected chi connectivity index (χ0v) is 15.0. The van der Waals surface area contributed by atoms with Crippen molar-refractivity contribution in [3.05, 3.63) is 71.8 Å². The van der Waals surface area contributed by atoms with E-state index in [4.69, 9.17) is 0 Å². The van der Waals surface area contributed by atoms with Crippen LogP contribution in [-0.4, -0.2) is 29.9 Å². The second-order valence-corrected chi connectivity index (χ2v) is 6.84. The number of likely N-dealkylation sites (tertiary alicyclic amines) is 1.